The molecule has 0 saturated carbocycles. The Morgan fingerprint density at radius 1 is 1.12 bits per heavy atom. The highest BCUT2D eigenvalue weighted by Crippen LogP contribution is 2.19. The molecule has 1 aromatic heterocycles. The third-order valence-electron chi connectivity index (χ3n) is 3.19. The summed E-state index contributed by atoms with van der Waals surface area (Å²) in [5, 5.41) is 8.37. The summed E-state index contributed by atoms with van der Waals surface area (Å²) in [6.07, 6.45) is 0.421. The predicted molar refractivity (Wildman–Crippen MR) is 79.9 cm³/mol. The number of rotatable bonds is 4. The molecule has 0 bridgehead atoms. The lowest BCUT2D eigenvalue weighted by Crippen LogP contribution is -2.15. The number of carbonyl (C=O) groups excluding carboxylic acids is 1. The third kappa shape index (κ3) is 3.43. The number of H-pyrrole nitrogens is 1. The minimum atomic E-state index is -1.40. The first-order valence-corrected chi connectivity index (χ1v) is 6.94. The van der Waals surface area contributed by atoms with E-state index in [0.29, 0.717) is 24.4 Å². The lowest BCUT2D eigenvalue weighted by atomic mass is 10.1. The summed E-state index contributed by atoms with van der Waals surface area (Å²) in [7, 11) is 0. The van der Waals surface area contributed by atoms with E-state index in [1.807, 2.05) is 35.6 Å². The second kappa shape index (κ2) is 6.53. The zero-order valence-corrected chi connectivity index (χ0v) is 12.2. The van der Waals surface area contributed by atoms with Crippen molar-refractivity contribution in [1.29, 1.82) is 0 Å². The highest BCUT2D eigenvalue weighted by atomic mass is 19.2. The van der Waals surface area contributed by atoms with Gasteiger partial charge in [0.05, 0.1) is 5.69 Å². The van der Waals surface area contributed by atoms with Gasteiger partial charge in [-0.3, -0.25) is 9.89 Å². The first kappa shape index (κ1) is 15.7. The van der Waals surface area contributed by atoms with Gasteiger partial charge in [-0.1, -0.05) is 30.3 Å². The molecule has 24 heavy (non-hydrogen) atoms. The summed E-state index contributed by atoms with van der Waals surface area (Å²) in [6, 6.07) is 10.4. The van der Waals surface area contributed by atoms with Crippen molar-refractivity contribution >= 4 is 11.6 Å². The van der Waals surface area contributed by atoms with E-state index >= 15 is 0 Å². The Morgan fingerprint density at radius 2 is 1.88 bits per heavy atom. The van der Waals surface area contributed by atoms with E-state index in [1.165, 1.54) is 0 Å². The van der Waals surface area contributed by atoms with Crippen LogP contribution in [0.2, 0.25) is 0 Å². The molecule has 0 spiro atoms. The largest absolute Gasteiger partial charge is 0.316 e. The molecule has 0 aliphatic rings. The second-order valence-electron chi connectivity index (χ2n) is 4.97. The van der Waals surface area contributed by atoms with Crippen LogP contribution in [0.25, 0.3) is 0 Å². The van der Waals surface area contributed by atoms with E-state index in [-0.39, 0.29) is 5.82 Å². The van der Waals surface area contributed by atoms with Crippen molar-refractivity contribution in [2.75, 3.05) is 5.32 Å². The van der Waals surface area contributed by atoms with Gasteiger partial charge in [-0.05, 0) is 5.56 Å². The Balaban J connectivity index is 1.75. The van der Waals surface area contributed by atoms with Crippen LogP contribution in [0.5, 0.6) is 0 Å². The van der Waals surface area contributed by atoms with Gasteiger partial charge in [0.1, 0.15) is 11.6 Å². The standard InChI is InChI=1S/C16H11F3N4O/c17-10-7-11(18)14(19)12(8-10)20-16(24)15-21-13(22-23-15)6-9-4-2-1-3-5-9/h1-5,7-8H,6H2,(H,20,24)(H,21,22,23). The van der Waals surface area contributed by atoms with Gasteiger partial charge in [0, 0.05) is 18.6 Å². The number of carbonyl (C=O) groups is 1. The normalized spacial score (nSPS) is 10.6. The van der Waals surface area contributed by atoms with Crippen molar-refractivity contribution in [1.82, 2.24) is 15.2 Å². The molecule has 0 aliphatic carbocycles. The first-order chi connectivity index (χ1) is 11.5. The van der Waals surface area contributed by atoms with Crippen LogP contribution in [-0.4, -0.2) is 21.1 Å². The Kier molecular flexibility index (Phi) is 4.28. The molecule has 122 valence electrons. The zero-order valence-electron chi connectivity index (χ0n) is 12.2. The molecule has 0 aliphatic heterocycles. The monoisotopic (exact) mass is 332 g/mol. The SMILES string of the molecule is O=C(Nc1cc(F)cc(F)c1F)c1n[nH]c(Cc2ccccc2)n1. The van der Waals surface area contributed by atoms with Crippen LogP contribution in [-0.2, 0) is 6.42 Å². The van der Waals surface area contributed by atoms with E-state index < -0.39 is 29.0 Å². The fraction of sp³-hybridized carbons (Fsp3) is 0.0625. The summed E-state index contributed by atoms with van der Waals surface area (Å²) < 4.78 is 39.8. The number of halogens is 3. The molecular formula is C16H11F3N4O. The topological polar surface area (TPSA) is 70.7 Å². The van der Waals surface area contributed by atoms with Gasteiger partial charge >= 0.3 is 0 Å². The molecular weight excluding hydrogens is 321 g/mol. The summed E-state index contributed by atoms with van der Waals surface area (Å²) in [4.78, 5) is 16.0. The fourth-order valence-corrected chi connectivity index (χ4v) is 2.09. The van der Waals surface area contributed by atoms with Gasteiger partial charge in [0.2, 0.25) is 5.82 Å². The van der Waals surface area contributed by atoms with E-state index in [9.17, 15) is 18.0 Å². The highest BCUT2D eigenvalue weighted by molar-refractivity contribution is 6.01. The number of nitrogens with one attached hydrogen (secondary N) is 2. The van der Waals surface area contributed by atoms with Crippen LogP contribution < -0.4 is 5.32 Å². The maximum Gasteiger partial charge on any atom is 0.295 e. The zero-order chi connectivity index (χ0) is 17.1. The van der Waals surface area contributed by atoms with Crippen molar-refractivity contribution < 1.29 is 18.0 Å². The van der Waals surface area contributed by atoms with Crippen LogP contribution in [0, 0.1) is 17.5 Å². The minimum Gasteiger partial charge on any atom is -0.316 e. The van der Waals surface area contributed by atoms with Gasteiger partial charge in [0.25, 0.3) is 5.91 Å². The van der Waals surface area contributed by atoms with E-state index in [4.69, 9.17) is 0 Å². The van der Waals surface area contributed by atoms with E-state index in [0.717, 1.165) is 5.56 Å². The van der Waals surface area contributed by atoms with Crippen LogP contribution in [0.1, 0.15) is 22.0 Å². The average Bonchev–Trinajstić information content (AvgIpc) is 3.01. The number of anilines is 1. The third-order valence-corrected chi connectivity index (χ3v) is 3.19. The van der Waals surface area contributed by atoms with Crippen molar-refractivity contribution in [3.8, 4) is 0 Å². The maximum atomic E-state index is 13.5. The number of benzene rings is 2. The molecule has 0 atom stereocenters. The molecule has 2 aromatic carbocycles. The van der Waals surface area contributed by atoms with Gasteiger partial charge in [-0.15, -0.1) is 5.10 Å². The van der Waals surface area contributed by atoms with Gasteiger partial charge in [-0.25, -0.2) is 18.2 Å². The van der Waals surface area contributed by atoms with Crippen molar-refractivity contribution in [3.63, 3.8) is 0 Å². The Hall–Kier alpha value is -3.16. The maximum absolute atomic E-state index is 13.5. The molecule has 3 rings (SSSR count). The number of hydrogen-bond acceptors (Lipinski definition) is 3. The van der Waals surface area contributed by atoms with Crippen LogP contribution in [0.15, 0.2) is 42.5 Å². The van der Waals surface area contributed by atoms with Crippen LogP contribution >= 0.6 is 0 Å². The van der Waals surface area contributed by atoms with Gasteiger partial charge in [0.15, 0.2) is 11.6 Å². The average molecular weight is 332 g/mol. The Morgan fingerprint density at radius 3 is 2.62 bits per heavy atom. The van der Waals surface area contributed by atoms with Crippen molar-refractivity contribution in [2.24, 2.45) is 0 Å². The lowest BCUT2D eigenvalue weighted by molar-refractivity contribution is 0.101. The minimum absolute atomic E-state index is 0.259. The molecule has 3 aromatic rings. The van der Waals surface area contributed by atoms with E-state index in [2.05, 4.69) is 15.2 Å². The summed E-state index contributed by atoms with van der Waals surface area (Å²) >= 11 is 0. The highest BCUT2D eigenvalue weighted by Gasteiger charge is 2.17. The number of aromatic amines is 1. The number of aromatic nitrogens is 3. The molecule has 0 fully saturated rings. The summed E-state index contributed by atoms with van der Waals surface area (Å²) in [5.74, 6) is -4.48. The molecule has 8 heteroatoms. The smallest absolute Gasteiger partial charge is 0.295 e. The molecule has 0 saturated heterocycles. The Bertz CT molecular complexity index is 880. The van der Waals surface area contributed by atoms with Crippen LogP contribution in [0.3, 0.4) is 0 Å². The fourth-order valence-electron chi connectivity index (χ4n) is 2.09. The number of hydrogen-bond donors (Lipinski definition) is 2. The molecule has 0 unspecified atom stereocenters. The second-order valence-corrected chi connectivity index (χ2v) is 4.97. The van der Waals surface area contributed by atoms with Gasteiger partial charge < -0.3 is 5.32 Å². The summed E-state index contributed by atoms with van der Waals surface area (Å²) in [5.41, 5.74) is 0.339. The molecule has 1 amide bonds. The summed E-state index contributed by atoms with van der Waals surface area (Å²) in [6.45, 7) is 0. The van der Waals surface area contributed by atoms with E-state index in [1.54, 1.807) is 0 Å². The molecule has 5 nitrogen and oxygen atoms in total. The van der Waals surface area contributed by atoms with Gasteiger partial charge in [-0.2, -0.15) is 0 Å². The van der Waals surface area contributed by atoms with Crippen molar-refractivity contribution in [2.45, 2.75) is 6.42 Å². The van der Waals surface area contributed by atoms with Crippen LogP contribution in [0.4, 0.5) is 18.9 Å². The number of nitrogens with zero attached hydrogens (tertiary/aromatic N) is 2. The number of amides is 1. The van der Waals surface area contributed by atoms with Crippen molar-refractivity contribution in [3.05, 3.63) is 77.1 Å². The molecule has 2 N–H and O–H groups in total. The molecule has 0 radical (unpaired) electrons. The Labute approximate surface area is 134 Å². The lowest BCUT2D eigenvalue weighted by Gasteiger charge is -2.05. The molecule has 1 heterocycles. The predicted octanol–water partition coefficient (Wildman–Crippen LogP) is 3.07. The quantitative estimate of drug-likeness (QED) is 0.721. The first-order valence-electron chi connectivity index (χ1n) is 6.94.